The van der Waals surface area contributed by atoms with Crippen molar-refractivity contribution in [2.45, 2.75) is 66.6 Å². The van der Waals surface area contributed by atoms with E-state index in [1.54, 1.807) is 0 Å². The molecule has 0 saturated carbocycles. The Morgan fingerprint density at radius 1 is 1.07 bits per heavy atom. The van der Waals surface area contributed by atoms with Crippen LogP contribution in [0.15, 0.2) is 39.9 Å². The summed E-state index contributed by atoms with van der Waals surface area (Å²) in [6.07, 6.45) is 1.81. The number of halogens is 1. The summed E-state index contributed by atoms with van der Waals surface area (Å²) in [7, 11) is 0. The molecule has 0 atom stereocenters. The standard InChI is InChI=1S/C23H37N5O.HI/c1-7-24-22(27-16-21-25-15-20(29-21)23(4,5)6)26-14-18-12-10-11-13-19(18)17-28(8-2)9-3;/h10-13,15H,7-9,14,16-17H2,1-6H3,(H2,24,26,27);1H. The minimum atomic E-state index is -0.0432. The third-order valence-corrected chi connectivity index (χ3v) is 4.86. The second kappa shape index (κ2) is 12.9. The van der Waals surface area contributed by atoms with Gasteiger partial charge < -0.3 is 15.1 Å². The van der Waals surface area contributed by atoms with Gasteiger partial charge in [-0.25, -0.2) is 9.98 Å². The summed E-state index contributed by atoms with van der Waals surface area (Å²) < 4.78 is 5.87. The van der Waals surface area contributed by atoms with Crippen LogP contribution in [0.4, 0.5) is 0 Å². The Kier molecular flexibility index (Phi) is 11.4. The van der Waals surface area contributed by atoms with Crippen LogP contribution in [0.1, 0.15) is 64.3 Å². The molecule has 0 radical (unpaired) electrons. The highest BCUT2D eigenvalue weighted by Crippen LogP contribution is 2.22. The van der Waals surface area contributed by atoms with E-state index in [0.29, 0.717) is 19.0 Å². The van der Waals surface area contributed by atoms with Gasteiger partial charge in [-0.05, 0) is 31.1 Å². The van der Waals surface area contributed by atoms with Crippen LogP contribution in [-0.2, 0) is 25.0 Å². The maximum Gasteiger partial charge on any atom is 0.213 e. The molecule has 0 aliphatic carbocycles. The number of aliphatic imine (C=N–C) groups is 1. The van der Waals surface area contributed by atoms with E-state index in [1.807, 2.05) is 6.20 Å². The number of hydrogen-bond acceptors (Lipinski definition) is 4. The molecule has 1 aromatic carbocycles. The van der Waals surface area contributed by atoms with Crippen LogP contribution in [0.5, 0.6) is 0 Å². The zero-order valence-electron chi connectivity index (χ0n) is 19.3. The van der Waals surface area contributed by atoms with Gasteiger partial charge in [-0.15, -0.1) is 24.0 Å². The smallest absolute Gasteiger partial charge is 0.213 e. The number of aromatic nitrogens is 1. The fourth-order valence-corrected chi connectivity index (χ4v) is 2.96. The third kappa shape index (κ3) is 8.26. The number of benzene rings is 1. The number of nitrogens with zero attached hydrogens (tertiary/aromatic N) is 3. The van der Waals surface area contributed by atoms with E-state index in [2.05, 4.69) is 86.3 Å². The molecule has 0 spiro atoms. The summed E-state index contributed by atoms with van der Waals surface area (Å²) in [5.41, 5.74) is 2.54. The molecule has 2 N–H and O–H groups in total. The van der Waals surface area contributed by atoms with Gasteiger partial charge in [-0.3, -0.25) is 4.90 Å². The highest BCUT2D eigenvalue weighted by molar-refractivity contribution is 14.0. The highest BCUT2D eigenvalue weighted by Gasteiger charge is 2.19. The number of nitrogens with one attached hydrogen (secondary N) is 2. The number of rotatable bonds is 9. The zero-order chi connectivity index (χ0) is 21.3. The zero-order valence-corrected chi connectivity index (χ0v) is 21.6. The molecule has 0 aliphatic rings. The van der Waals surface area contributed by atoms with E-state index in [-0.39, 0.29) is 29.4 Å². The van der Waals surface area contributed by atoms with Gasteiger partial charge in [-0.2, -0.15) is 0 Å². The molecule has 168 valence electrons. The summed E-state index contributed by atoms with van der Waals surface area (Å²) in [6.45, 7) is 17.8. The Balaban J connectivity index is 0.00000450. The Morgan fingerprint density at radius 2 is 1.73 bits per heavy atom. The van der Waals surface area contributed by atoms with Crippen molar-refractivity contribution in [3.8, 4) is 0 Å². The average Bonchev–Trinajstić information content (AvgIpc) is 3.18. The van der Waals surface area contributed by atoms with Crippen LogP contribution in [-0.4, -0.2) is 35.5 Å². The van der Waals surface area contributed by atoms with Crippen LogP contribution in [0, 0.1) is 0 Å². The molecular formula is C23H38IN5O. The molecule has 2 rings (SSSR count). The van der Waals surface area contributed by atoms with Crippen molar-refractivity contribution in [2.24, 2.45) is 4.99 Å². The lowest BCUT2D eigenvalue weighted by atomic mass is 9.94. The van der Waals surface area contributed by atoms with Crippen molar-refractivity contribution < 1.29 is 4.42 Å². The second-order valence-corrected chi connectivity index (χ2v) is 8.15. The predicted molar refractivity (Wildman–Crippen MR) is 135 cm³/mol. The van der Waals surface area contributed by atoms with Gasteiger partial charge >= 0.3 is 0 Å². The molecule has 30 heavy (non-hydrogen) atoms. The van der Waals surface area contributed by atoms with E-state index in [4.69, 9.17) is 9.41 Å². The molecule has 1 aromatic heterocycles. The van der Waals surface area contributed by atoms with Crippen molar-refractivity contribution in [1.82, 2.24) is 20.5 Å². The third-order valence-electron chi connectivity index (χ3n) is 4.86. The summed E-state index contributed by atoms with van der Waals surface area (Å²) in [5, 5.41) is 6.63. The summed E-state index contributed by atoms with van der Waals surface area (Å²) in [6, 6.07) is 8.54. The average molecular weight is 527 g/mol. The Bertz CT molecular complexity index is 778. The van der Waals surface area contributed by atoms with Crippen LogP contribution >= 0.6 is 24.0 Å². The first-order chi connectivity index (χ1) is 13.9. The quantitative estimate of drug-likeness (QED) is 0.282. The van der Waals surface area contributed by atoms with Crippen molar-refractivity contribution >= 4 is 29.9 Å². The lowest BCUT2D eigenvalue weighted by Crippen LogP contribution is -2.36. The monoisotopic (exact) mass is 527 g/mol. The number of guanidine groups is 1. The summed E-state index contributed by atoms with van der Waals surface area (Å²) in [4.78, 5) is 11.6. The van der Waals surface area contributed by atoms with Crippen molar-refractivity contribution in [3.05, 3.63) is 53.2 Å². The Labute approximate surface area is 199 Å². The van der Waals surface area contributed by atoms with Crippen LogP contribution in [0.25, 0.3) is 0 Å². The van der Waals surface area contributed by atoms with Crippen molar-refractivity contribution in [1.29, 1.82) is 0 Å². The van der Waals surface area contributed by atoms with Crippen LogP contribution in [0.3, 0.4) is 0 Å². The molecule has 7 heteroatoms. The number of hydrogen-bond donors (Lipinski definition) is 2. The summed E-state index contributed by atoms with van der Waals surface area (Å²) >= 11 is 0. The number of oxazole rings is 1. The lowest BCUT2D eigenvalue weighted by Gasteiger charge is -2.20. The van der Waals surface area contributed by atoms with Crippen LogP contribution < -0.4 is 10.6 Å². The first kappa shape index (κ1) is 26.4. The van der Waals surface area contributed by atoms with Crippen LogP contribution in [0.2, 0.25) is 0 Å². The molecule has 6 nitrogen and oxygen atoms in total. The molecule has 0 bridgehead atoms. The molecular weight excluding hydrogens is 489 g/mol. The molecule has 0 unspecified atom stereocenters. The molecule has 0 aliphatic heterocycles. The minimum Gasteiger partial charge on any atom is -0.443 e. The molecule has 1 heterocycles. The van der Waals surface area contributed by atoms with E-state index in [1.165, 1.54) is 11.1 Å². The first-order valence-corrected chi connectivity index (χ1v) is 10.6. The van der Waals surface area contributed by atoms with E-state index in [9.17, 15) is 0 Å². The fourth-order valence-electron chi connectivity index (χ4n) is 2.96. The van der Waals surface area contributed by atoms with E-state index >= 15 is 0 Å². The second-order valence-electron chi connectivity index (χ2n) is 8.15. The van der Waals surface area contributed by atoms with Gasteiger partial charge in [0.25, 0.3) is 0 Å². The van der Waals surface area contributed by atoms with Gasteiger partial charge in [0.15, 0.2) is 5.96 Å². The maximum atomic E-state index is 5.87. The van der Waals surface area contributed by atoms with E-state index < -0.39 is 0 Å². The van der Waals surface area contributed by atoms with Gasteiger partial charge in [0.1, 0.15) is 5.76 Å². The molecule has 0 saturated heterocycles. The van der Waals surface area contributed by atoms with Gasteiger partial charge in [-0.1, -0.05) is 58.9 Å². The van der Waals surface area contributed by atoms with Gasteiger partial charge in [0.05, 0.1) is 19.3 Å². The minimum absolute atomic E-state index is 0. The lowest BCUT2D eigenvalue weighted by molar-refractivity contribution is 0.295. The predicted octanol–water partition coefficient (Wildman–Crippen LogP) is 4.69. The van der Waals surface area contributed by atoms with Crippen molar-refractivity contribution in [3.63, 3.8) is 0 Å². The highest BCUT2D eigenvalue weighted by atomic mass is 127. The topological polar surface area (TPSA) is 65.7 Å². The Morgan fingerprint density at radius 3 is 2.30 bits per heavy atom. The fraction of sp³-hybridized carbons (Fsp3) is 0.565. The Hall–Kier alpha value is -1.61. The molecule has 0 fully saturated rings. The molecule has 0 amide bonds. The van der Waals surface area contributed by atoms with E-state index in [0.717, 1.165) is 37.9 Å². The van der Waals surface area contributed by atoms with Crippen molar-refractivity contribution in [2.75, 3.05) is 19.6 Å². The SMILES string of the molecule is CCNC(=NCc1ccccc1CN(CC)CC)NCc1ncc(C(C)(C)C)o1.I. The first-order valence-electron chi connectivity index (χ1n) is 10.6. The normalized spacial score (nSPS) is 12.0. The van der Waals surface area contributed by atoms with Gasteiger partial charge in [0.2, 0.25) is 5.89 Å². The molecule has 2 aromatic rings. The van der Waals surface area contributed by atoms with Gasteiger partial charge in [0, 0.05) is 18.5 Å². The summed E-state index contributed by atoms with van der Waals surface area (Å²) in [5.74, 6) is 2.32. The maximum absolute atomic E-state index is 5.87. The largest absolute Gasteiger partial charge is 0.443 e.